The van der Waals surface area contributed by atoms with E-state index in [2.05, 4.69) is 49.7 Å². The molecule has 0 spiro atoms. The maximum Gasteiger partial charge on any atom is 0.0698 e. The number of fused-ring (bicyclic) bond motifs is 1. The van der Waals surface area contributed by atoms with Crippen molar-refractivity contribution in [3.05, 3.63) is 66.3 Å². The number of likely N-dealkylation sites (N-methyl/N-ethyl adjacent to an activating group) is 1. The van der Waals surface area contributed by atoms with Crippen LogP contribution >= 0.6 is 0 Å². The summed E-state index contributed by atoms with van der Waals surface area (Å²) in [6.45, 7) is 10.1. The summed E-state index contributed by atoms with van der Waals surface area (Å²) in [6, 6.07) is 8.59. The van der Waals surface area contributed by atoms with E-state index in [-0.39, 0.29) is 18.1 Å². The minimum absolute atomic E-state index is 0.135. The summed E-state index contributed by atoms with van der Waals surface area (Å²) in [6.07, 6.45) is 6.11. The molecule has 2 N–H and O–H groups in total. The van der Waals surface area contributed by atoms with Gasteiger partial charge in [0, 0.05) is 6.04 Å². The fourth-order valence-corrected chi connectivity index (χ4v) is 3.55. The van der Waals surface area contributed by atoms with Crippen LogP contribution in [0.4, 0.5) is 0 Å². The van der Waals surface area contributed by atoms with E-state index in [0.29, 0.717) is 0 Å². The zero-order valence-corrected chi connectivity index (χ0v) is 13.7. The van der Waals surface area contributed by atoms with Gasteiger partial charge in [-0.05, 0) is 54.5 Å². The first-order valence-corrected chi connectivity index (χ1v) is 8.08. The normalized spacial score (nSPS) is 20.2. The Hall–Kier alpha value is -1.64. The lowest BCUT2D eigenvalue weighted by atomic mass is 9.75. The van der Waals surface area contributed by atoms with Gasteiger partial charge < -0.3 is 10.4 Å². The van der Waals surface area contributed by atoms with Crippen molar-refractivity contribution in [3.63, 3.8) is 0 Å². The molecular weight excluding hydrogens is 270 g/mol. The lowest BCUT2D eigenvalue weighted by Crippen LogP contribution is -2.38. The highest BCUT2D eigenvalue weighted by Crippen LogP contribution is 2.38. The first-order chi connectivity index (χ1) is 10.7. The van der Waals surface area contributed by atoms with Gasteiger partial charge in [-0.25, -0.2) is 0 Å². The van der Waals surface area contributed by atoms with Gasteiger partial charge in [0.05, 0.1) is 6.10 Å². The molecule has 0 saturated heterocycles. The summed E-state index contributed by atoms with van der Waals surface area (Å²) in [4.78, 5) is 0. The second-order valence-corrected chi connectivity index (χ2v) is 5.94. The van der Waals surface area contributed by atoms with E-state index in [1.165, 1.54) is 16.7 Å². The van der Waals surface area contributed by atoms with E-state index in [4.69, 9.17) is 0 Å². The summed E-state index contributed by atoms with van der Waals surface area (Å²) < 4.78 is 0. The molecule has 118 valence electrons. The first kappa shape index (κ1) is 16.7. The molecule has 1 aliphatic rings. The summed E-state index contributed by atoms with van der Waals surface area (Å²) in [5.74, 6) is 0.290. The van der Waals surface area contributed by atoms with Crippen LogP contribution in [-0.2, 0) is 6.42 Å². The zero-order valence-electron chi connectivity index (χ0n) is 13.7. The molecule has 1 aromatic carbocycles. The fraction of sp³-hybridized carbons (Fsp3) is 0.400. The smallest absolute Gasteiger partial charge is 0.0698 e. The van der Waals surface area contributed by atoms with Crippen LogP contribution in [0.1, 0.15) is 30.9 Å². The summed E-state index contributed by atoms with van der Waals surface area (Å²) in [7, 11) is 1.91. The molecular formula is C20H27NO. The molecule has 1 aromatic rings. The molecule has 2 nitrogen and oxygen atoms in total. The highest BCUT2D eigenvalue weighted by Gasteiger charge is 2.28. The molecule has 3 unspecified atom stereocenters. The number of nitrogens with one attached hydrogen (secondary N) is 1. The molecule has 0 bridgehead atoms. The van der Waals surface area contributed by atoms with Crippen LogP contribution in [0.25, 0.3) is 5.57 Å². The van der Waals surface area contributed by atoms with Crippen LogP contribution in [0.15, 0.2) is 55.1 Å². The molecule has 3 atom stereocenters. The lowest BCUT2D eigenvalue weighted by molar-refractivity contribution is 0.107. The van der Waals surface area contributed by atoms with Crippen molar-refractivity contribution in [2.75, 3.05) is 7.05 Å². The van der Waals surface area contributed by atoms with Crippen molar-refractivity contribution in [3.8, 4) is 0 Å². The van der Waals surface area contributed by atoms with Crippen molar-refractivity contribution in [1.82, 2.24) is 5.32 Å². The Morgan fingerprint density at radius 1 is 1.32 bits per heavy atom. The number of benzene rings is 1. The van der Waals surface area contributed by atoms with E-state index in [0.717, 1.165) is 24.8 Å². The van der Waals surface area contributed by atoms with E-state index in [1.807, 2.05) is 19.2 Å². The minimum Gasteiger partial charge on any atom is -0.391 e. The van der Waals surface area contributed by atoms with Crippen LogP contribution in [0.5, 0.6) is 0 Å². The number of allylic oxidation sites excluding steroid dienone is 4. The van der Waals surface area contributed by atoms with Gasteiger partial charge in [-0.1, -0.05) is 56.5 Å². The molecule has 2 heteroatoms. The summed E-state index contributed by atoms with van der Waals surface area (Å²) >= 11 is 0. The largest absolute Gasteiger partial charge is 0.391 e. The third kappa shape index (κ3) is 3.23. The van der Waals surface area contributed by atoms with Gasteiger partial charge in [0.25, 0.3) is 0 Å². The minimum atomic E-state index is -0.355. The molecule has 2 rings (SSSR count). The fourth-order valence-electron chi connectivity index (χ4n) is 3.55. The van der Waals surface area contributed by atoms with Gasteiger partial charge in [0.1, 0.15) is 0 Å². The van der Waals surface area contributed by atoms with Gasteiger partial charge >= 0.3 is 0 Å². The predicted octanol–water partition coefficient (Wildman–Crippen LogP) is 3.73. The van der Waals surface area contributed by atoms with Crippen LogP contribution < -0.4 is 5.32 Å². The maximum atomic E-state index is 10.5. The van der Waals surface area contributed by atoms with Gasteiger partial charge in [-0.3, -0.25) is 0 Å². The summed E-state index contributed by atoms with van der Waals surface area (Å²) in [5.41, 5.74) is 4.95. The van der Waals surface area contributed by atoms with Crippen LogP contribution in [0.3, 0.4) is 0 Å². The second-order valence-electron chi connectivity index (χ2n) is 5.94. The average Bonchev–Trinajstić information content (AvgIpc) is 2.54. The molecule has 0 aliphatic heterocycles. The monoisotopic (exact) mass is 297 g/mol. The van der Waals surface area contributed by atoms with E-state index >= 15 is 0 Å². The first-order valence-electron chi connectivity index (χ1n) is 8.08. The van der Waals surface area contributed by atoms with Crippen molar-refractivity contribution in [1.29, 1.82) is 0 Å². The second kappa shape index (κ2) is 7.57. The van der Waals surface area contributed by atoms with Crippen molar-refractivity contribution in [2.45, 2.75) is 38.3 Å². The molecule has 1 aliphatic carbocycles. The Morgan fingerprint density at radius 2 is 2.05 bits per heavy atom. The summed E-state index contributed by atoms with van der Waals surface area (Å²) in [5, 5.41) is 13.7. The van der Waals surface area contributed by atoms with Gasteiger partial charge in [-0.15, -0.1) is 0 Å². The number of aliphatic hydroxyl groups excluding tert-OH is 1. The molecule has 0 heterocycles. The molecule has 22 heavy (non-hydrogen) atoms. The van der Waals surface area contributed by atoms with Gasteiger partial charge in [0.2, 0.25) is 0 Å². The molecule has 0 radical (unpaired) electrons. The van der Waals surface area contributed by atoms with Gasteiger partial charge in [0.15, 0.2) is 0 Å². The molecule has 0 aromatic heterocycles. The topological polar surface area (TPSA) is 32.3 Å². The average molecular weight is 297 g/mol. The number of rotatable bonds is 7. The SMILES string of the molecule is C=CC1=C(C=C)C(CC(O)C(CC)NC)Cc2ccccc21. The number of aliphatic hydroxyl groups is 1. The third-order valence-corrected chi connectivity index (χ3v) is 4.75. The molecule has 0 amide bonds. The highest BCUT2D eigenvalue weighted by atomic mass is 16.3. The van der Waals surface area contributed by atoms with E-state index < -0.39 is 0 Å². The van der Waals surface area contributed by atoms with E-state index in [1.54, 1.807) is 0 Å². The number of hydrogen-bond acceptors (Lipinski definition) is 2. The van der Waals surface area contributed by atoms with Gasteiger partial charge in [-0.2, -0.15) is 0 Å². The zero-order chi connectivity index (χ0) is 16.1. The Bertz CT molecular complexity index is 569. The number of hydrogen-bond donors (Lipinski definition) is 2. The van der Waals surface area contributed by atoms with Crippen LogP contribution in [0.2, 0.25) is 0 Å². The van der Waals surface area contributed by atoms with Crippen LogP contribution in [0, 0.1) is 5.92 Å². The van der Waals surface area contributed by atoms with Crippen molar-refractivity contribution < 1.29 is 5.11 Å². The standard InChI is InChI=1S/C20H27NO/c1-5-16-15(13-20(22)19(7-3)21-4)12-14-10-8-9-11-18(14)17(16)6-2/h5-6,8-11,15,19-22H,1-2,7,12-13H2,3-4H3. The lowest BCUT2D eigenvalue weighted by Gasteiger charge is -2.31. The van der Waals surface area contributed by atoms with Crippen LogP contribution in [-0.4, -0.2) is 24.3 Å². The predicted molar refractivity (Wildman–Crippen MR) is 94.7 cm³/mol. The van der Waals surface area contributed by atoms with Crippen molar-refractivity contribution >= 4 is 5.57 Å². The Labute approximate surface area is 134 Å². The quantitative estimate of drug-likeness (QED) is 0.803. The Balaban J connectivity index is 2.34. The molecule has 0 fully saturated rings. The van der Waals surface area contributed by atoms with E-state index in [9.17, 15) is 5.11 Å². The third-order valence-electron chi connectivity index (χ3n) is 4.75. The Kier molecular flexibility index (Phi) is 5.76. The maximum absolute atomic E-state index is 10.5. The highest BCUT2D eigenvalue weighted by molar-refractivity contribution is 5.81. The molecule has 0 saturated carbocycles. The van der Waals surface area contributed by atoms with Crippen molar-refractivity contribution in [2.24, 2.45) is 5.92 Å². The Morgan fingerprint density at radius 3 is 2.64 bits per heavy atom.